The molecule has 0 aromatic heterocycles. The van der Waals surface area contributed by atoms with Crippen LogP contribution in [0.4, 0.5) is 5.69 Å². The first-order valence-corrected chi connectivity index (χ1v) is 7.29. The van der Waals surface area contributed by atoms with E-state index >= 15 is 0 Å². The summed E-state index contributed by atoms with van der Waals surface area (Å²) in [5, 5.41) is 0. The average molecular weight is 244 g/mol. The molecule has 0 radical (unpaired) electrons. The summed E-state index contributed by atoms with van der Waals surface area (Å²) in [5.74, 6) is 0.606. The van der Waals surface area contributed by atoms with Crippen LogP contribution in [0.1, 0.15) is 51.0 Å². The van der Waals surface area contributed by atoms with E-state index < -0.39 is 0 Å². The van der Waals surface area contributed by atoms with Crippen molar-refractivity contribution in [1.29, 1.82) is 0 Å². The summed E-state index contributed by atoms with van der Waals surface area (Å²) in [6, 6.07) is 10.9. The Kier molecular flexibility index (Phi) is 3.06. The summed E-state index contributed by atoms with van der Waals surface area (Å²) in [6.45, 7) is 4.53. The van der Waals surface area contributed by atoms with Crippen LogP contribution < -0.4 is 10.6 Å². The molecule has 2 aliphatic rings. The summed E-state index contributed by atoms with van der Waals surface area (Å²) < 4.78 is 0. The van der Waals surface area contributed by atoms with Gasteiger partial charge in [-0.05, 0) is 49.3 Å². The first-order valence-electron chi connectivity index (χ1n) is 7.29. The Bertz CT molecular complexity index is 413. The van der Waals surface area contributed by atoms with Crippen LogP contribution in [-0.4, -0.2) is 18.1 Å². The summed E-state index contributed by atoms with van der Waals surface area (Å²) in [7, 11) is 0. The maximum atomic E-state index is 6.15. The van der Waals surface area contributed by atoms with Crippen LogP contribution in [0, 0.1) is 0 Å². The van der Waals surface area contributed by atoms with Gasteiger partial charge in [0.15, 0.2) is 0 Å². The van der Waals surface area contributed by atoms with Gasteiger partial charge in [0.1, 0.15) is 0 Å². The first kappa shape index (κ1) is 12.0. The molecule has 3 rings (SSSR count). The fourth-order valence-electron chi connectivity index (χ4n) is 3.69. The van der Waals surface area contributed by atoms with E-state index in [1.807, 2.05) is 0 Å². The third-order valence-electron chi connectivity index (χ3n) is 4.60. The largest absolute Gasteiger partial charge is 0.365 e. The molecular formula is C16H24N2. The Morgan fingerprint density at radius 2 is 1.83 bits per heavy atom. The maximum absolute atomic E-state index is 6.15. The quantitative estimate of drug-likeness (QED) is 0.865. The van der Waals surface area contributed by atoms with E-state index in [-0.39, 0.29) is 0 Å². The lowest BCUT2D eigenvalue weighted by Gasteiger charge is -2.39. The first-order chi connectivity index (χ1) is 8.65. The van der Waals surface area contributed by atoms with E-state index in [0.717, 1.165) is 0 Å². The van der Waals surface area contributed by atoms with E-state index in [1.54, 1.807) is 0 Å². The minimum atomic E-state index is 0.423. The van der Waals surface area contributed by atoms with Crippen molar-refractivity contribution in [1.82, 2.24) is 0 Å². The Morgan fingerprint density at radius 1 is 1.17 bits per heavy atom. The number of rotatable bonds is 2. The molecule has 98 valence electrons. The Hall–Kier alpha value is -1.02. The standard InChI is InChI=1S/C16H24N2/c1-11(2)12-4-3-5-14(8-12)18-15-6-7-16(18)10-13(17)9-15/h3-5,8,11,13,15-16H,6-7,9-10,17H2,1-2H3. The molecular weight excluding hydrogens is 220 g/mol. The normalized spacial score (nSPS) is 31.1. The molecule has 0 saturated carbocycles. The van der Waals surface area contributed by atoms with Gasteiger partial charge < -0.3 is 10.6 Å². The Balaban J connectivity index is 1.89. The van der Waals surface area contributed by atoms with Crippen LogP contribution in [-0.2, 0) is 0 Å². The molecule has 2 atom stereocenters. The van der Waals surface area contributed by atoms with Gasteiger partial charge in [-0.25, -0.2) is 0 Å². The number of benzene rings is 1. The van der Waals surface area contributed by atoms with Crippen molar-refractivity contribution in [3.63, 3.8) is 0 Å². The lowest BCUT2D eigenvalue weighted by Crippen LogP contribution is -2.47. The van der Waals surface area contributed by atoms with Crippen LogP contribution in [0.3, 0.4) is 0 Å². The molecule has 0 spiro atoms. The highest BCUT2D eigenvalue weighted by molar-refractivity contribution is 5.52. The SMILES string of the molecule is CC(C)c1cccc(N2C3CCC2CC(N)C3)c1. The van der Waals surface area contributed by atoms with E-state index in [9.17, 15) is 0 Å². The molecule has 1 aromatic carbocycles. The van der Waals surface area contributed by atoms with Crippen molar-refractivity contribution in [2.45, 2.75) is 63.6 Å². The number of nitrogens with two attached hydrogens (primary N) is 1. The smallest absolute Gasteiger partial charge is 0.0374 e. The van der Waals surface area contributed by atoms with Crippen molar-refractivity contribution in [2.75, 3.05) is 4.90 Å². The fraction of sp³-hybridized carbons (Fsp3) is 0.625. The summed E-state index contributed by atoms with van der Waals surface area (Å²) in [6.07, 6.45) is 4.99. The molecule has 2 aliphatic heterocycles. The van der Waals surface area contributed by atoms with Crippen LogP contribution in [0.2, 0.25) is 0 Å². The average Bonchev–Trinajstić information content (AvgIpc) is 2.62. The van der Waals surface area contributed by atoms with Gasteiger partial charge in [0.2, 0.25) is 0 Å². The number of hydrogen-bond donors (Lipinski definition) is 1. The number of piperidine rings is 1. The lowest BCUT2D eigenvalue weighted by atomic mass is 9.96. The predicted molar refractivity (Wildman–Crippen MR) is 77.0 cm³/mol. The number of hydrogen-bond acceptors (Lipinski definition) is 2. The third kappa shape index (κ3) is 2.03. The molecule has 2 heterocycles. The highest BCUT2D eigenvalue weighted by Gasteiger charge is 2.39. The van der Waals surface area contributed by atoms with E-state index in [4.69, 9.17) is 5.73 Å². The second kappa shape index (κ2) is 4.58. The molecule has 2 N–H and O–H groups in total. The molecule has 0 aliphatic carbocycles. The van der Waals surface area contributed by atoms with E-state index in [1.165, 1.54) is 36.9 Å². The van der Waals surface area contributed by atoms with Gasteiger partial charge in [-0.1, -0.05) is 26.0 Å². The second-order valence-corrected chi connectivity index (χ2v) is 6.27. The van der Waals surface area contributed by atoms with Crippen molar-refractivity contribution in [3.05, 3.63) is 29.8 Å². The van der Waals surface area contributed by atoms with Crippen molar-refractivity contribution in [3.8, 4) is 0 Å². The minimum absolute atomic E-state index is 0.423. The van der Waals surface area contributed by atoms with Gasteiger partial charge in [-0.2, -0.15) is 0 Å². The monoisotopic (exact) mass is 244 g/mol. The molecule has 2 heteroatoms. The Labute approximate surface area is 110 Å². The van der Waals surface area contributed by atoms with Gasteiger partial charge in [-0.15, -0.1) is 0 Å². The van der Waals surface area contributed by atoms with Crippen molar-refractivity contribution < 1.29 is 0 Å². The number of anilines is 1. The molecule has 2 unspecified atom stereocenters. The van der Waals surface area contributed by atoms with Gasteiger partial charge in [-0.3, -0.25) is 0 Å². The predicted octanol–water partition coefficient (Wildman–Crippen LogP) is 3.27. The van der Waals surface area contributed by atoms with Gasteiger partial charge in [0.05, 0.1) is 0 Å². The highest BCUT2D eigenvalue weighted by atomic mass is 15.2. The van der Waals surface area contributed by atoms with E-state index in [2.05, 4.69) is 43.0 Å². The maximum Gasteiger partial charge on any atom is 0.0374 e. The zero-order valence-electron chi connectivity index (χ0n) is 11.5. The third-order valence-corrected chi connectivity index (χ3v) is 4.60. The van der Waals surface area contributed by atoms with Gasteiger partial charge in [0, 0.05) is 23.8 Å². The molecule has 2 nitrogen and oxygen atoms in total. The molecule has 2 fully saturated rings. The van der Waals surface area contributed by atoms with Crippen LogP contribution >= 0.6 is 0 Å². The molecule has 0 amide bonds. The van der Waals surface area contributed by atoms with Crippen molar-refractivity contribution >= 4 is 5.69 Å². The summed E-state index contributed by atoms with van der Waals surface area (Å²) >= 11 is 0. The van der Waals surface area contributed by atoms with Gasteiger partial charge >= 0.3 is 0 Å². The summed E-state index contributed by atoms with van der Waals surface area (Å²) in [4.78, 5) is 2.65. The van der Waals surface area contributed by atoms with E-state index in [0.29, 0.717) is 24.0 Å². The molecule has 2 bridgehead atoms. The summed E-state index contributed by atoms with van der Waals surface area (Å²) in [5.41, 5.74) is 9.01. The topological polar surface area (TPSA) is 29.3 Å². The molecule has 1 aromatic rings. The lowest BCUT2D eigenvalue weighted by molar-refractivity contribution is 0.414. The number of nitrogens with zero attached hydrogens (tertiary/aromatic N) is 1. The van der Waals surface area contributed by atoms with Crippen LogP contribution in [0.25, 0.3) is 0 Å². The Morgan fingerprint density at radius 3 is 2.44 bits per heavy atom. The van der Waals surface area contributed by atoms with Crippen LogP contribution in [0.15, 0.2) is 24.3 Å². The van der Waals surface area contributed by atoms with Crippen LogP contribution in [0.5, 0.6) is 0 Å². The highest BCUT2D eigenvalue weighted by Crippen LogP contribution is 2.39. The zero-order valence-corrected chi connectivity index (χ0v) is 11.5. The number of fused-ring (bicyclic) bond motifs is 2. The molecule has 2 saturated heterocycles. The second-order valence-electron chi connectivity index (χ2n) is 6.27. The fourth-order valence-corrected chi connectivity index (χ4v) is 3.69. The minimum Gasteiger partial charge on any atom is -0.365 e. The molecule has 18 heavy (non-hydrogen) atoms. The van der Waals surface area contributed by atoms with Gasteiger partial charge in [0.25, 0.3) is 0 Å². The van der Waals surface area contributed by atoms with Crippen molar-refractivity contribution in [2.24, 2.45) is 5.73 Å². The zero-order chi connectivity index (χ0) is 12.7.